The highest BCUT2D eigenvalue weighted by Crippen LogP contribution is 2.41. The van der Waals surface area contributed by atoms with Crippen molar-refractivity contribution in [2.24, 2.45) is 17.8 Å². The average Bonchev–Trinajstić information content (AvgIpc) is 2.74. The molecule has 2 fully saturated rings. The van der Waals surface area contributed by atoms with Crippen LogP contribution < -0.4 is 0 Å². The number of rotatable bonds is 7. The summed E-state index contributed by atoms with van der Waals surface area (Å²) in [4.78, 5) is 12.2. The minimum Gasteiger partial charge on any atom is -0.459 e. The molecular formula is C25H34F2O2. The molecule has 0 unspecified atom stereocenters. The van der Waals surface area contributed by atoms with E-state index in [4.69, 9.17) is 4.74 Å². The first-order chi connectivity index (χ1) is 14.1. The van der Waals surface area contributed by atoms with E-state index in [1.165, 1.54) is 51.0 Å². The van der Waals surface area contributed by atoms with Gasteiger partial charge in [0, 0.05) is 0 Å². The summed E-state index contributed by atoms with van der Waals surface area (Å²) in [6.45, 7) is 2.23. The van der Waals surface area contributed by atoms with Gasteiger partial charge in [-0.25, -0.2) is 13.6 Å². The Labute approximate surface area is 173 Å². The average molecular weight is 405 g/mol. The zero-order valence-electron chi connectivity index (χ0n) is 17.5. The van der Waals surface area contributed by atoms with Gasteiger partial charge in [-0.1, -0.05) is 31.9 Å². The number of hydrogen-bond acceptors (Lipinski definition) is 2. The first-order valence-corrected chi connectivity index (χ1v) is 11.4. The fourth-order valence-corrected chi connectivity index (χ4v) is 4.94. The van der Waals surface area contributed by atoms with Crippen LogP contribution in [0.25, 0.3) is 0 Å². The normalized spacial score (nSPS) is 27.8. The Morgan fingerprint density at radius 3 is 2.28 bits per heavy atom. The Balaban J connectivity index is 1.39. The molecule has 29 heavy (non-hydrogen) atoms. The molecule has 0 saturated heterocycles. The standard InChI is InChI=1S/C25H34F2O2/c1-2-3-4-5-6-18-7-9-19(10-8-18)20-11-14-22(15-12-20)29-25(28)21-13-16-23(26)24(27)17-21/h5-6,13,16-20,22H,2-4,7-12,14-15H2,1H3. The van der Waals surface area contributed by atoms with E-state index in [9.17, 15) is 13.6 Å². The molecule has 1 aromatic rings. The summed E-state index contributed by atoms with van der Waals surface area (Å²) in [7, 11) is 0. The van der Waals surface area contributed by atoms with Gasteiger partial charge in [0.05, 0.1) is 5.56 Å². The van der Waals surface area contributed by atoms with Crippen molar-refractivity contribution in [3.63, 3.8) is 0 Å². The van der Waals surface area contributed by atoms with Crippen molar-refractivity contribution in [1.82, 2.24) is 0 Å². The zero-order chi connectivity index (χ0) is 20.6. The molecule has 3 rings (SSSR count). The number of carbonyl (C=O) groups excluding carboxylic acids is 1. The minimum absolute atomic E-state index is 0.0799. The van der Waals surface area contributed by atoms with E-state index < -0.39 is 17.6 Å². The summed E-state index contributed by atoms with van der Waals surface area (Å²) in [6.07, 6.45) is 17.6. The second-order valence-electron chi connectivity index (χ2n) is 8.82. The number of carbonyl (C=O) groups is 1. The van der Waals surface area contributed by atoms with Gasteiger partial charge < -0.3 is 4.74 Å². The van der Waals surface area contributed by atoms with E-state index in [-0.39, 0.29) is 11.7 Å². The maximum absolute atomic E-state index is 13.3. The molecule has 2 saturated carbocycles. The Bertz CT molecular complexity index is 684. The van der Waals surface area contributed by atoms with Crippen LogP contribution in [-0.2, 0) is 4.74 Å². The summed E-state index contributed by atoms with van der Waals surface area (Å²) >= 11 is 0. The fourth-order valence-electron chi connectivity index (χ4n) is 4.94. The van der Waals surface area contributed by atoms with Gasteiger partial charge >= 0.3 is 5.97 Å². The summed E-state index contributed by atoms with van der Waals surface area (Å²) in [6, 6.07) is 3.16. The molecule has 0 spiro atoms. The zero-order valence-corrected chi connectivity index (χ0v) is 17.5. The summed E-state index contributed by atoms with van der Waals surface area (Å²) in [5.74, 6) is -0.220. The highest BCUT2D eigenvalue weighted by Gasteiger charge is 2.31. The van der Waals surface area contributed by atoms with Crippen LogP contribution in [-0.4, -0.2) is 12.1 Å². The molecular weight excluding hydrogens is 370 g/mol. The third-order valence-electron chi connectivity index (χ3n) is 6.76. The van der Waals surface area contributed by atoms with Gasteiger partial charge in [0.25, 0.3) is 0 Å². The fraction of sp³-hybridized carbons (Fsp3) is 0.640. The van der Waals surface area contributed by atoms with Crippen LogP contribution >= 0.6 is 0 Å². The van der Waals surface area contributed by atoms with E-state index >= 15 is 0 Å². The Morgan fingerprint density at radius 1 is 1.00 bits per heavy atom. The van der Waals surface area contributed by atoms with Crippen molar-refractivity contribution in [1.29, 1.82) is 0 Å². The smallest absolute Gasteiger partial charge is 0.338 e. The Morgan fingerprint density at radius 2 is 1.66 bits per heavy atom. The van der Waals surface area contributed by atoms with Gasteiger partial charge in [-0.3, -0.25) is 0 Å². The second kappa shape index (κ2) is 10.9. The highest BCUT2D eigenvalue weighted by atomic mass is 19.2. The highest BCUT2D eigenvalue weighted by molar-refractivity contribution is 5.89. The lowest BCUT2D eigenvalue weighted by molar-refractivity contribution is 0.0113. The van der Waals surface area contributed by atoms with Gasteiger partial charge in [-0.15, -0.1) is 0 Å². The maximum Gasteiger partial charge on any atom is 0.338 e. The molecule has 2 aliphatic carbocycles. The lowest BCUT2D eigenvalue weighted by Gasteiger charge is -2.37. The van der Waals surface area contributed by atoms with Crippen molar-refractivity contribution in [3.05, 3.63) is 47.5 Å². The predicted molar refractivity (Wildman–Crippen MR) is 112 cm³/mol. The maximum atomic E-state index is 13.3. The van der Waals surface area contributed by atoms with Crippen molar-refractivity contribution in [2.75, 3.05) is 0 Å². The van der Waals surface area contributed by atoms with Gasteiger partial charge in [0.1, 0.15) is 6.10 Å². The second-order valence-corrected chi connectivity index (χ2v) is 8.82. The molecule has 0 aromatic heterocycles. The van der Waals surface area contributed by atoms with Crippen LogP contribution in [0, 0.1) is 29.4 Å². The van der Waals surface area contributed by atoms with Crippen molar-refractivity contribution >= 4 is 5.97 Å². The molecule has 0 N–H and O–H groups in total. The summed E-state index contributed by atoms with van der Waals surface area (Å²) in [5.41, 5.74) is 0.0799. The van der Waals surface area contributed by atoms with Crippen molar-refractivity contribution in [3.8, 4) is 0 Å². The number of esters is 1. The van der Waals surface area contributed by atoms with Crippen LogP contribution in [0.1, 0.15) is 87.9 Å². The number of hydrogen-bond donors (Lipinski definition) is 0. The van der Waals surface area contributed by atoms with E-state index in [1.807, 2.05) is 0 Å². The molecule has 1 aromatic carbocycles. The summed E-state index contributed by atoms with van der Waals surface area (Å²) < 4.78 is 31.9. The third-order valence-corrected chi connectivity index (χ3v) is 6.76. The topological polar surface area (TPSA) is 26.3 Å². The lowest BCUT2D eigenvalue weighted by atomic mass is 9.70. The molecule has 0 heterocycles. The number of ether oxygens (including phenoxy) is 1. The number of halogens is 2. The van der Waals surface area contributed by atoms with Crippen molar-refractivity contribution in [2.45, 2.75) is 83.7 Å². The SMILES string of the molecule is CCCCC=CC1CCC(C2CCC(OC(=O)c3ccc(F)c(F)c3)CC2)CC1. The predicted octanol–water partition coefficient (Wildman–Crippen LogP) is 7.23. The van der Waals surface area contributed by atoms with Gasteiger partial charge in [-0.05, 0) is 93.7 Å². The first-order valence-electron chi connectivity index (χ1n) is 11.4. The minimum atomic E-state index is -1.01. The van der Waals surface area contributed by atoms with Crippen LogP contribution in [0.2, 0.25) is 0 Å². The van der Waals surface area contributed by atoms with E-state index in [1.54, 1.807) is 0 Å². The molecule has 0 amide bonds. The van der Waals surface area contributed by atoms with Gasteiger partial charge in [0.15, 0.2) is 11.6 Å². The quantitative estimate of drug-likeness (QED) is 0.272. The number of benzene rings is 1. The van der Waals surface area contributed by atoms with Crippen LogP contribution in [0.4, 0.5) is 8.78 Å². The number of unbranched alkanes of at least 4 members (excludes halogenated alkanes) is 2. The van der Waals surface area contributed by atoms with Gasteiger partial charge in [0.2, 0.25) is 0 Å². The van der Waals surface area contributed by atoms with Crippen LogP contribution in [0.15, 0.2) is 30.4 Å². The Kier molecular flexibility index (Phi) is 8.26. The largest absolute Gasteiger partial charge is 0.459 e. The van der Waals surface area contributed by atoms with E-state index in [2.05, 4.69) is 19.1 Å². The molecule has 2 nitrogen and oxygen atoms in total. The van der Waals surface area contributed by atoms with Gasteiger partial charge in [-0.2, -0.15) is 0 Å². The molecule has 2 aliphatic rings. The number of allylic oxidation sites excluding steroid dienone is 2. The molecule has 0 radical (unpaired) electrons. The molecule has 0 atom stereocenters. The van der Waals surface area contributed by atoms with Crippen LogP contribution in [0.3, 0.4) is 0 Å². The molecule has 0 aliphatic heterocycles. The van der Waals surface area contributed by atoms with E-state index in [0.29, 0.717) is 0 Å². The molecule has 160 valence electrons. The monoisotopic (exact) mass is 404 g/mol. The molecule has 0 bridgehead atoms. The summed E-state index contributed by atoms with van der Waals surface area (Å²) in [5, 5.41) is 0. The third kappa shape index (κ3) is 6.38. The Hall–Kier alpha value is -1.71. The lowest BCUT2D eigenvalue weighted by Crippen LogP contribution is -2.29. The van der Waals surface area contributed by atoms with E-state index in [0.717, 1.165) is 55.6 Å². The van der Waals surface area contributed by atoms with Crippen molar-refractivity contribution < 1.29 is 18.3 Å². The van der Waals surface area contributed by atoms with Crippen LogP contribution in [0.5, 0.6) is 0 Å². The molecule has 4 heteroatoms. The first kappa shape index (κ1) is 22.0.